The van der Waals surface area contributed by atoms with Crippen molar-refractivity contribution < 1.29 is 19.3 Å². The van der Waals surface area contributed by atoms with Crippen molar-refractivity contribution in [2.45, 2.75) is 6.10 Å². The SMILES string of the molecule is COc1ccc(C(O)c2csc(I)c2)c(OC)c1OC. The highest BCUT2D eigenvalue weighted by Gasteiger charge is 2.22. The lowest BCUT2D eigenvalue weighted by atomic mass is 10.0. The molecule has 0 saturated heterocycles. The van der Waals surface area contributed by atoms with Gasteiger partial charge in [-0.3, -0.25) is 0 Å². The van der Waals surface area contributed by atoms with Crippen molar-refractivity contribution in [3.8, 4) is 17.2 Å². The van der Waals surface area contributed by atoms with Gasteiger partial charge in [-0.15, -0.1) is 11.3 Å². The van der Waals surface area contributed by atoms with Crippen LogP contribution in [0.1, 0.15) is 17.2 Å². The molecule has 0 spiro atoms. The fraction of sp³-hybridized carbons (Fsp3) is 0.286. The molecule has 2 aromatic rings. The van der Waals surface area contributed by atoms with Gasteiger partial charge < -0.3 is 19.3 Å². The maximum absolute atomic E-state index is 10.5. The normalized spacial score (nSPS) is 12.1. The third-order valence-electron chi connectivity index (χ3n) is 2.93. The minimum absolute atomic E-state index is 0.483. The van der Waals surface area contributed by atoms with E-state index in [0.717, 1.165) is 8.45 Å². The van der Waals surface area contributed by atoms with Crippen LogP contribution in [-0.2, 0) is 0 Å². The maximum atomic E-state index is 10.5. The molecule has 1 unspecified atom stereocenters. The van der Waals surface area contributed by atoms with Gasteiger partial charge in [-0.25, -0.2) is 0 Å². The van der Waals surface area contributed by atoms with Crippen molar-refractivity contribution in [1.29, 1.82) is 0 Å². The molecule has 2 rings (SSSR count). The van der Waals surface area contributed by atoms with Gasteiger partial charge in [0.25, 0.3) is 0 Å². The zero-order valence-electron chi connectivity index (χ0n) is 11.3. The quantitative estimate of drug-likeness (QED) is 0.773. The van der Waals surface area contributed by atoms with Crippen LogP contribution in [0.3, 0.4) is 0 Å². The molecule has 20 heavy (non-hydrogen) atoms. The van der Waals surface area contributed by atoms with E-state index in [-0.39, 0.29) is 0 Å². The fourth-order valence-electron chi connectivity index (χ4n) is 1.99. The first-order valence-corrected chi connectivity index (χ1v) is 7.79. The summed E-state index contributed by atoms with van der Waals surface area (Å²) in [7, 11) is 4.66. The van der Waals surface area contributed by atoms with Gasteiger partial charge in [0.05, 0.1) is 24.2 Å². The maximum Gasteiger partial charge on any atom is 0.203 e. The number of aliphatic hydroxyl groups is 1. The van der Waals surface area contributed by atoms with Crippen LogP contribution in [0.25, 0.3) is 0 Å². The topological polar surface area (TPSA) is 47.9 Å². The molecule has 6 heteroatoms. The first-order valence-electron chi connectivity index (χ1n) is 5.83. The van der Waals surface area contributed by atoms with Crippen molar-refractivity contribution >= 4 is 33.9 Å². The number of ether oxygens (including phenoxy) is 3. The number of hydrogen-bond acceptors (Lipinski definition) is 5. The number of thiophene rings is 1. The molecule has 108 valence electrons. The van der Waals surface area contributed by atoms with Crippen molar-refractivity contribution in [2.75, 3.05) is 21.3 Å². The summed E-state index contributed by atoms with van der Waals surface area (Å²) < 4.78 is 17.1. The second-order valence-electron chi connectivity index (χ2n) is 4.01. The Labute approximate surface area is 135 Å². The zero-order chi connectivity index (χ0) is 14.7. The number of benzene rings is 1. The average Bonchev–Trinajstić information content (AvgIpc) is 2.91. The van der Waals surface area contributed by atoms with Crippen LogP contribution >= 0.6 is 33.9 Å². The van der Waals surface area contributed by atoms with E-state index in [1.54, 1.807) is 44.8 Å². The van der Waals surface area contributed by atoms with Gasteiger partial charge in [0.15, 0.2) is 11.5 Å². The molecular weight excluding hydrogens is 391 g/mol. The molecule has 4 nitrogen and oxygen atoms in total. The van der Waals surface area contributed by atoms with E-state index in [0.29, 0.717) is 22.8 Å². The summed E-state index contributed by atoms with van der Waals surface area (Å²) in [6, 6.07) is 5.50. The third-order valence-corrected chi connectivity index (χ3v) is 4.74. The van der Waals surface area contributed by atoms with Crippen LogP contribution in [-0.4, -0.2) is 26.4 Å². The van der Waals surface area contributed by atoms with Crippen molar-refractivity contribution in [2.24, 2.45) is 0 Å². The number of aliphatic hydroxyl groups excluding tert-OH is 1. The summed E-state index contributed by atoms with van der Waals surface area (Å²) in [6.45, 7) is 0. The molecule has 0 aliphatic rings. The fourth-order valence-corrected chi connectivity index (χ4v) is 3.38. The Hall–Kier alpha value is -0.990. The molecule has 1 aromatic heterocycles. The molecule has 0 bridgehead atoms. The van der Waals surface area contributed by atoms with Crippen LogP contribution in [0.2, 0.25) is 0 Å². The number of methoxy groups -OCH3 is 3. The Morgan fingerprint density at radius 1 is 1.10 bits per heavy atom. The smallest absolute Gasteiger partial charge is 0.203 e. The Kier molecular flexibility index (Phi) is 5.11. The molecule has 0 saturated carbocycles. The second-order valence-corrected chi connectivity index (χ2v) is 6.82. The van der Waals surface area contributed by atoms with E-state index in [2.05, 4.69) is 22.6 Å². The molecule has 0 amide bonds. The summed E-state index contributed by atoms with van der Waals surface area (Å²) >= 11 is 3.82. The van der Waals surface area contributed by atoms with E-state index in [1.165, 1.54) is 0 Å². The molecule has 1 heterocycles. The van der Waals surface area contributed by atoms with Gasteiger partial charge in [0.1, 0.15) is 6.10 Å². The zero-order valence-corrected chi connectivity index (χ0v) is 14.3. The lowest BCUT2D eigenvalue weighted by Gasteiger charge is -2.18. The van der Waals surface area contributed by atoms with Gasteiger partial charge in [0, 0.05) is 5.56 Å². The molecule has 0 radical (unpaired) electrons. The first-order chi connectivity index (χ1) is 9.62. The van der Waals surface area contributed by atoms with Crippen LogP contribution in [0.15, 0.2) is 23.6 Å². The molecule has 0 aliphatic heterocycles. The minimum Gasteiger partial charge on any atom is -0.493 e. The Morgan fingerprint density at radius 2 is 1.80 bits per heavy atom. The first kappa shape index (κ1) is 15.4. The highest BCUT2D eigenvalue weighted by Crippen LogP contribution is 2.43. The monoisotopic (exact) mass is 406 g/mol. The van der Waals surface area contributed by atoms with Gasteiger partial charge in [-0.1, -0.05) is 0 Å². The average molecular weight is 406 g/mol. The summed E-state index contributed by atoms with van der Waals surface area (Å²) in [5.41, 5.74) is 1.49. The standard InChI is InChI=1S/C14H15IO4S/c1-17-10-5-4-9(13(18-2)14(10)19-3)12(16)8-6-11(15)20-7-8/h4-7,12,16H,1-3H3. The van der Waals surface area contributed by atoms with E-state index in [4.69, 9.17) is 14.2 Å². The van der Waals surface area contributed by atoms with Crippen molar-refractivity contribution in [3.05, 3.63) is 37.6 Å². The van der Waals surface area contributed by atoms with Gasteiger partial charge in [-0.05, 0) is 51.7 Å². The Balaban J connectivity index is 2.51. The predicted octanol–water partition coefficient (Wildman–Crippen LogP) is 3.46. The van der Waals surface area contributed by atoms with Gasteiger partial charge in [0.2, 0.25) is 5.75 Å². The molecular formula is C14H15IO4S. The minimum atomic E-state index is -0.760. The predicted molar refractivity (Wildman–Crippen MR) is 87.2 cm³/mol. The highest BCUT2D eigenvalue weighted by molar-refractivity contribution is 14.1. The van der Waals surface area contributed by atoms with Crippen molar-refractivity contribution in [3.63, 3.8) is 0 Å². The number of halogens is 1. The van der Waals surface area contributed by atoms with Crippen LogP contribution < -0.4 is 14.2 Å². The Bertz CT molecular complexity index is 597. The lowest BCUT2D eigenvalue weighted by molar-refractivity contribution is 0.212. The van der Waals surface area contributed by atoms with Gasteiger partial charge in [-0.2, -0.15) is 0 Å². The van der Waals surface area contributed by atoms with Crippen LogP contribution in [0.5, 0.6) is 17.2 Å². The van der Waals surface area contributed by atoms with Crippen molar-refractivity contribution in [1.82, 2.24) is 0 Å². The lowest BCUT2D eigenvalue weighted by Crippen LogP contribution is -2.04. The summed E-state index contributed by atoms with van der Waals surface area (Å²) in [5, 5.41) is 12.5. The largest absolute Gasteiger partial charge is 0.493 e. The third kappa shape index (κ3) is 2.87. The number of rotatable bonds is 5. The van der Waals surface area contributed by atoms with Gasteiger partial charge >= 0.3 is 0 Å². The van der Waals surface area contributed by atoms with E-state index < -0.39 is 6.10 Å². The summed E-state index contributed by atoms with van der Waals surface area (Å²) in [6.07, 6.45) is -0.760. The Morgan fingerprint density at radius 3 is 2.30 bits per heavy atom. The second kappa shape index (κ2) is 6.64. The van der Waals surface area contributed by atoms with E-state index >= 15 is 0 Å². The molecule has 1 aromatic carbocycles. The summed E-state index contributed by atoms with van der Waals surface area (Å²) in [4.78, 5) is 0. The number of hydrogen-bond donors (Lipinski definition) is 1. The summed E-state index contributed by atoms with van der Waals surface area (Å²) in [5.74, 6) is 1.54. The molecule has 1 N–H and O–H groups in total. The van der Waals surface area contributed by atoms with Crippen LogP contribution in [0.4, 0.5) is 0 Å². The molecule has 0 fully saturated rings. The van der Waals surface area contributed by atoms with Crippen LogP contribution in [0, 0.1) is 2.88 Å². The molecule has 0 aliphatic carbocycles. The van der Waals surface area contributed by atoms with E-state index in [9.17, 15) is 5.11 Å². The molecule has 1 atom stereocenters. The van der Waals surface area contributed by atoms with E-state index in [1.807, 2.05) is 11.4 Å². The highest BCUT2D eigenvalue weighted by atomic mass is 127.